The van der Waals surface area contributed by atoms with Gasteiger partial charge in [0.1, 0.15) is 5.65 Å². The third kappa shape index (κ3) is 2.52. The lowest BCUT2D eigenvalue weighted by Gasteiger charge is -2.26. The minimum absolute atomic E-state index is 0.342. The molecule has 1 aliphatic heterocycles. The summed E-state index contributed by atoms with van der Waals surface area (Å²) in [4.78, 5) is 18.2. The molecular weight excluding hydrogens is 258 g/mol. The normalized spacial score (nSPS) is 16.4. The van der Waals surface area contributed by atoms with Gasteiger partial charge in [-0.3, -0.25) is 4.90 Å². The molecule has 20 heavy (non-hydrogen) atoms. The molecule has 6 heteroatoms. The molecule has 0 spiro atoms. The van der Waals surface area contributed by atoms with Crippen molar-refractivity contribution >= 4 is 11.6 Å². The van der Waals surface area contributed by atoms with Crippen molar-refractivity contribution in [1.82, 2.24) is 14.3 Å². The predicted molar refractivity (Wildman–Crippen MR) is 72.6 cm³/mol. The fourth-order valence-electron chi connectivity index (χ4n) is 2.38. The first-order valence-corrected chi connectivity index (χ1v) is 6.62. The smallest absolute Gasteiger partial charge is 0.338 e. The monoisotopic (exact) mass is 275 g/mol. The van der Waals surface area contributed by atoms with Crippen molar-refractivity contribution in [2.75, 3.05) is 33.4 Å². The van der Waals surface area contributed by atoms with E-state index in [1.165, 1.54) is 7.11 Å². The zero-order valence-corrected chi connectivity index (χ0v) is 11.4. The number of nitrogens with zero attached hydrogens (tertiary/aromatic N) is 3. The first kappa shape index (κ1) is 13.1. The third-order valence-electron chi connectivity index (χ3n) is 3.50. The maximum Gasteiger partial charge on any atom is 0.338 e. The summed E-state index contributed by atoms with van der Waals surface area (Å²) in [7, 11) is 1.38. The quantitative estimate of drug-likeness (QED) is 0.781. The molecule has 1 fully saturated rings. The molecule has 1 aliphatic rings. The molecule has 2 aromatic heterocycles. The summed E-state index contributed by atoms with van der Waals surface area (Å²) in [5, 5.41) is 0. The third-order valence-corrected chi connectivity index (χ3v) is 3.50. The Morgan fingerprint density at radius 3 is 3.00 bits per heavy atom. The Bertz CT molecular complexity index is 617. The lowest BCUT2D eigenvalue weighted by atomic mass is 10.2. The van der Waals surface area contributed by atoms with Gasteiger partial charge < -0.3 is 13.9 Å². The highest BCUT2D eigenvalue weighted by molar-refractivity contribution is 5.90. The van der Waals surface area contributed by atoms with Gasteiger partial charge >= 0.3 is 5.97 Å². The van der Waals surface area contributed by atoms with Crippen LogP contribution in [0, 0.1) is 0 Å². The number of ether oxygens (including phenoxy) is 2. The Balaban J connectivity index is 1.84. The maximum absolute atomic E-state index is 11.5. The molecule has 3 rings (SSSR count). The summed E-state index contributed by atoms with van der Waals surface area (Å²) >= 11 is 0. The Hall–Kier alpha value is -1.92. The molecule has 0 radical (unpaired) electrons. The number of methoxy groups -OCH3 is 1. The van der Waals surface area contributed by atoms with E-state index in [0.717, 1.165) is 44.2 Å². The zero-order valence-electron chi connectivity index (χ0n) is 11.4. The number of morpholine rings is 1. The molecule has 6 nitrogen and oxygen atoms in total. The lowest BCUT2D eigenvalue weighted by molar-refractivity contribution is 0.0335. The van der Waals surface area contributed by atoms with Crippen molar-refractivity contribution in [3.8, 4) is 0 Å². The van der Waals surface area contributed by atoms with Crippen LogP contribution in [0.2, 0.25) is 0 Å². The van der Waals surface area contributed by atoms with Crippen LogP contribution in [0.1, 0.15) is 16.1 Å². The van der Waals surface area contributed by atoms with Crippen molar-refractivity contribution in [1.29, 1.82) is 0 Å². The lowest BCUT2D eigenvalue weighted by Crippen LogP contribution is -2.35. The van der Waals surface area contributed by atoms with Gasteiger partial charge in [0.25, 0.3) is 0 Å². The number of esters is 1. The summed E-state index contributed by atoms with van der Waals surface area (Å²) in [6, 6.07) is 3.50. The minimum atomic E-state index is -0.342. The molecule has 0 atom stereocenters. The number of fused-ring (bicyclic) bond motifs is 1. The van der Waals surface area contributed by atoms with Gasteiger partial charge in [0, 0.05) is 25.8 Å². The highest BCUT2D eigenvalue weighted by Gasteiger charge is 2.14. The number of pyridine rings is 1. The van der Waals surface area contributed by atoms with Crippen LogP contribution in [-0.4, -0.2) is 53.7 Å². The van der Waals surface area contributed by atoms with E-state index in [2.05, 4.69) is 9.88 Å². The van der Waals surface area contributed by atoms with Gasteiger partial charge in [-0.1, -0.05) is 0 Å². The van der Waals surface area contributed by atoms with Crippen molar-refractivity contribution in [2.24, 2.45) is 0 Å². The summed E-state index contributed by atoms with van der Waals surface area (Å²) < 4.78 is 12.1. The number of carbonyl (C=O) groups is 1. The number of carbonyl (C=O) groups excluding carboxylic acids is 1. The molecule has 1 saturated heterocycles. The molecule has 0 unspecified atom stereocenters. The average Bonchev–Trinajstić information content (AvgIpc) is 2.90. The molecule has 0 aromatic carbocycles. The Morgan fingerprint density at radius 1 is 1.45 bits per heavy atom. The number of aromatic nitrogens is 2. The van der Waals surface area contributed by atoms with Crippen molar-refractivity contribution in [2.45, 2.75) is 6.54 Å². The van der Waals surface area contributed by atoms with Crippen molar-refractivity contribution in [3.63, 3.8) is 0 Å². The summed E-state index contributed by atoms with van der Waals surface area (Å²) in [6.45, 7) is 4.27. The van der Waals surface area contributed by atoms with E-state index in [9.17, 15) is 4.79 Å². The van der Waals surface area contributed by atoms with Crippen LogP contribution in [0.4, 0.5) is 0 Å². The van der Waals surface area contributed by atoms with E-state index in [0.29, 0.717) is 5.56 Å². The van der Waals surface area contributed by atoms with E-state index in [1.54, 1.807) is 12.1 Å². The van der Waals surface area contributed by atoms with E-state index in [-0.39, 0.29) is 5.97 Å². The number of imidazole rings is 1. The molecule has 0 bridgehead atoms. The van der Waals surface area contributed by atoms with Gasteiger partial charge in [0.05, 0.1) is 37.8 Å². The fraction of sp³-hybridized carbons (Fsp3) is 0.429. The van der Waals surface area contributed by atoms with Gasteiger partial charge in [-0.05, 0) is 12.1 Å². The van der Waals surface area contributed by atoms with Gasteiger partial charge in [-0.2, -0.15) is 0 Å². The van der Waals surface area contributed by atoms with Crippen LogP contribution in [0.5, 0.6) is 0 Å². The van der Waals surface area contributed by atoms with Crippen LogP contribution in [0.25, 0.3) is 5.65 Å². The van der Waals surface area contributed by atoms with Crippen molar-refractivity contribution in [3.05, 3.63) is 35.8 Å². The second kappa shape index (κ2) is 5.60. The van der Waals surface area contributed by atoms with Gasteiger partial charge in [-0.15, -0.1) is 0 Å². The highest BCUT2D eigenvalue weighted by Crippen LogP contribution is 2.13. The summed E-state index contributed by atoms with van der Waals surface area (Å²) in [6.07, 6.45) is 3.72. The van der Waals surface area contributed by atoms with E-state index < -0.39 is 0 Å². The molecule has 0 amide bonds. The van der Waals surface area contributed by atoms with E-state index >= 15 is 0 Å². The number of rotatable bonds is 3. The number of hydrogen-bond donors (Lipinski definition) is 0. The molecule has 106 valence electrons. The van der Waals surface area contributed by atoms with Crippen LogP contribution in [0.15, 0.2) is 24.5 Å². The Labute approximate surface area is 116 Å². The second-order valence-corrected chi connectivity index (χ2v) is 4.77. The standard InChI is InChI=1S/C14H17N3O3/c1-19-14(18)11-2-3-17-12(9-15-13(17)8-11)10-16-4-6-20-7-5-16/h2-3,8-9H,4-7,10H2,1H3. The van der Waals surface area contributed by atoms with Crippen LogP contribution in [0.3, 0.4) is 0 Å². The Morgan fingerprint density at radius 2 is 2.25 bits per heavy atom. The Kier molecular flexibility index (Phi) is 3.66. The van der Waals surface area contributed by atoms with Gasteiger partial charge in [0.2, 0.25) is 0 Å². The highest BCUT2D eigenvalue weighted by atomic mass is 16.5. The van der Waals surface area contributed by atoms with E-state index in [1.807, 2.05) is 16.8 Å². The van der Waals surface area contributed by atoms with E-state index in [4.69, 9.17) is 9.47 Å². The molecule has 3 heterocycles. The summed E-state index contributed by atoms with van der Waals surface area (Å²) in [5.41, 5.74) is 2.39. The first-order chi connectivity index (χ1) is 9.78. The second-order valence-electron chi connectivity index (χ2n) is 4.77. The fourth-order valence-corrected chi connectivity index (χ4v) is 2.38. The minimum Gasteiger partial charge on any atom is -0.465 e. The average molecular weight is 275 g/mol. The molecule has 0 aliphatic carbocycles. The van der Waals surface area contributed by atoms with Crippen LogP contribution in [-0.2, 0) is 16.0 Å². The van der Waals surface area contributed by atoms with Gasteiger partial charge in [-0.25, -0.2) is 9.78 Å². The maximum atomic E-state index is 11.5. The summed E-state index contributed by atoms with van der Waals surface area (Å²) in [5.74, 6) is -0.342. The topological polar surface area (TPSA) is 56.1 Å². The van der Waals surface area contributed by atoms with Gasteiger partial charge in [0.15, 0.2) is 0 Å². The number of hydrogen-bond acceptors (Lipinski definition) is 5. The van der Waals surface area contributed by atoms with Crippen LogP contribution >= 0.6 is 0 Å². The molecule has 0 N–H and O–H groups in total. The first-order valence-electron chi connectivity index (χ1n) is 6.62. The molecule has 2 aromatic rings. The molecular formula is C14H17N3O3. The SMILES string of the molecule is COC(=O)c1ccn2c(CN3CCOCC3)cnc2c1. The van der Waals surface area contributed by atoms with Crippen molar-refractivity contribution < 1.29 is 14.3 Å². The molecule has 0 saturated carbocycles. The van der Waals surface area contributed by atoms with Crippen LogP contribution < -0.4 is 0 Å². The zero-order chi connectivity index (χ0) is 13.9. The largest absolute Gasteiger partial charge is 0.465 e. The predicted octanol–water partition coefficient (Wildman–Crippen LogP) is 0.953.